The van der Waals surface area contributed by atoms with Gasteiger partial charge >= 0.3 is 5.97 Å². The molecule has 0 atom stereocenters. The molecule has 88 valence electrons. The lowest BCUT2D eigenvalue weighted by Crippen LogP contribution is -2.02. The normalized spacial score (nSPS) is 10.2. The Morgan fingerprint density at radius 2 is 2.06 bits per heavy atom. The van der Waals surface area contributed by atoms with Gasteiger partial charge in [-0.25, -0.2) is 4.79 Å². The maximum atomic E-state index is 11.3. The molecule has 1 aromatic rings. The average Bonchev–Trinajstić information content (AvgIpc) is 2.27. The first kappa shape index (κ1) is 13.6. The van der Waals surface area contributed by atoms with E-state index < -0.39 is 5.97 Å². The summed E-state index contributed by atoms with van der Waals surface area (Å²) in [6.07, 6.45) is 0. The number of carbonyl (C=O) groups excluding carboxylic acids is 1. The van der Waals surface area contributed by atoms with Gasteiger partial charge in [0.15, 0.2) is 0 Å². The van der Waals surface area contributed by atoms with Crippen molar-refractivity contribution < 1.29 is 18.9 Å². The quantitative estimate of drug-likeness (QED) is 0.396. The fourth-order valence-corrected chi connectivity index (χ4v) is 1.89. The van der Waals surface area contributed by atoms with Gasteiger partial charge in [0, 0.05) is 0 Å². The van der Waals surface area contributed by atoms with Gasteiger partial charge in [0.25, 0.3) is 0 Å². The van der Waals surface area contributed by atoms with Crippen LogP contribution < -0.4 is 5.90 Å². The van der Waals surface area contributed by atoms with E-state index >= 15 is 0 Å². The summed E-state index contributed by atoms with van der Waals surface area (Å²) in [5, 5.41) is 0.495. The van der Waals surface area contributed by atoms with Crippen molar-refractivity contribution in [1.29, 1.82) is 0 Å². The van der Waals surface area contributed by atoms with E-state index in [1.165, 1.54) is 19.2 Å². The molecule has 0 amide bonds. The second-order valence-electron chi connectivity index (χ2n) is 2.50. The molecule has 0 aliphatic heterocycles. The summed E-state index contributed by atoms with van der Waals surface area (Å²) < 4.78 is 8.97. The third-order valence-corrected chi connectivity index (χ3v) is 2.99. The maximum Gasteiger partial charge on any atom is 0.339 e. The molecule has 2 N–H and O–H groups in total. The van der Waals surface area contributed by atoms with Crippen LogP contribution in [0.5, 0.6) is 0 Å². The molecule has 1 aromatic carbocycles. The molecular formula is C8H7Cl2NO4S. The molecule has 0 spiro atoms. The third-order valence-electron chi connectivity index (χ3n) is 1.59. The summed E-state index contributed by atoms with van der Waals surface area (Å²) in [4.78, 5) is 15.7. The van der Waals surface area contributed by atoms with Crippen molar-refractivity contribution in [2.75, 3.05) is 7.11 Å². The Kier molecular flexibility index (Phi) is 5.33. The molecule has 0 saturated carbocycles. The van der Waals surface area contributed by atoms with Crippen molar-refractivity contribution in [1.82, 2.24) is 0 Å². The van der Waals surface area contributed by atoms with E-state index in [0.717, 1.165) is 12.0 Å². The van der Waals surface area contributed by atoms with Crippen LogP contribution in [0.1, 0.15) is 10.4 Å². The molecule has 0 radical (unpaired) electrons. The molecule has 1 rings (SSSR count). The van der Waals surface area contributed by atoms with E-state index in [0.29, 0.717) is 9.92 Å². The Morgan fingerprint density at radius 3 is 2.62 bits per heavy atom. The predicted octanol–water partition coefficient (Wildman–Crippen LogP) is 2.61. The molecule has 5 nitrogen and oxygen atoms in total. The summed E-state index contributed by atoms with van der Waals surface area (Å²) in [6.45, 7) is 0. The van der Waals surface area contributed by atoms with Crippen molar-refractivity contribution in [3.8, 4) is 0 Å². The van der Waals surface area contributed by atoms with Crippen LogP contribution >= 0.6 is 35.2 Å². The highest BCUT2D eigenvalue weighted by Gasteiger charge is 2.15. The largest absolute Gasteiger partial charge is 0.465 e. The van der Waals surface area contributed by atoms with Crippen molar-refractivity contribution in [2.45, 2.75) is 4.90 Å². The zero-order valence-electron chi connectivity index (χ0n) is 8.03. The van der Waals surface area contributed by atoms with Gasteiger partial charge in [-0.15, -0.1) is 9.32 Å². The molecule has 8 heteroatoms. The van der Waals surface area contributed by atoms with E-state index in [9.17, 15) is 4.79 Å². The second kappa shape index (κ2) is 6.29. The number of halogens is 2. The van der Waals surface area contributed by atoms with Gasteiger partial charge in [0.1, 0.15) is 0 Å². The Hall–Kier alpha value is -0.500. The van der Waals surface area contributed by atoms with Crippen LogP contribution in [0.2, 0.25) is 10.0 Å². The fraction of sp³-hybridized carbons (Fsp3) is 0.125. The highest BCUT2D eigenvalue weighted by Crippen LogP contribution is 2.33. The van der Waals surface area contributed by atoms with Gasteiger partial charge in [0.05, 0.1) is 39.7 Å². The molecule has 0 aromatic heterocycles. The monoisotopic (exact) mass is 283 g/mol. The number of carbonyl (C=O) groups is 1. The van der Waals surface area contributed by atoms with E-state index in [2.05, 4.69) is 20.0 Å². The van der Waals surface area contributed by atoms with E-state index in [1.807, 2.05) is 0 Å². The summed E-state index contributed by atoms with van der Waals surface area (Å²) in [7, 11) is 1.25. The molecule has 0 unspecified atom stereocenters. The molecule has 16 heavy (non-hydrogen) atoms. The van der Waals surface area contributed by atoms with Crippen molar-refractivity contribution >= 4 is 41.2 Å². The van der Waals surface area contributed by atoms with Crippen LogP contribution in [0.3, 0.4) is 0 Å². The minimum atomic E-state index is -0.572. The van der Waals surface area contributed by atoms with E-state index in [-0.39, 0.29) is 10.6 Å². The van der Waals surface area contributed by atoms with Crippen LogP contribution in [0, 0.1) is 0 Å². The summed E-state index contributed by atoms with van der Waals surface area (Å²) >= 11 is 12.4. The van der Waals surface area contributed by atoms with Crippen LogP contribution in [-0.2, 0) is 14.1 Å². The van der Waals surface area contributed by atoms with Gasteiger partial charge in [-0.1, -0.05) is 23.2 Å². The van der Waals surface area contributed by atoms with Crippen LogP contribution in [0.25, 0.3) is 0 Å². The number of hydrogen-bond acceptors (Lipinski definition) is 6. The average molecular weight is 284 g/mol. The maximum absolute atomic E-state index is 11.3. The topological polar surface area (TPSA) is 70.8 Å². The first-order valence-corrected chi connectivity index (χ1v) is 5.37. The second-order valence-corrected chi connectivity index (χ2v) is 4.06. The third kappa shape index (κ3) is 3.24. The lowest BCUT2D eigenvalue weighted by atomic mass is 10.2. The summed E-state index contributed by atoms with van der Waals surface area (Å²) in [5.74, 6) is 4.10. The predicted molar refractivity (Wildman–Crippen MR) is 60.0 cm³/mol. The smallest absolute Gasteiger partial charge is 0.339 e. The Balaban J connectivity index is 3.06. The van der Waals surface area contributed by atoms with Gasteiger partial charge in [0.2, 0.25) is 0 Å². The lowest BCUT2D eigenvalue weighted by Gasteiger charge is -2.06. The van der Waals surface area contributed by atoms with Crippen LogP contribution in [0.4, 0.5) is 0 Å². The number of methoxy groups -OCH3 is 1. The molecule has 0 fully saturated rings. The van der Waals surface area contributed by atoms with Crippen molar-refractivity contribution in [3.05, 3.63) is 27.7 Å². The minimum absolute atomic E-state index is 0.177. The van der Waals surface area contributed by atoms with E-state index in [4.69, 9.17) is 23.2 Å². The Morgan fingerprint density at radius 1 is 1.38 bits per heavy atom. The fourth-order valence-electron chi connectivity index (χ4n) is 0.916. The van der Waals surface area contributed by atoms with Gasteiger partial charge < -0.3 is 4.74 Å². The SMILES string of the molecule is COC(=O)c1cc(SOON)c(Cl)cc1Cl. The van der Waals surface area contributed by atoms with Gasteiger partial charge in [-0.05, 0) is 12.1 Å². The highest BCUT2D eigenvalue weighted by atomic mass is 35.5. The lowest BCUT2D eigenvalue weighted by molar-refractivity contribution is -0.195. The van der Waals surface area contributed by atoms with Gasteiger partial charge in [-0.2, -0.15) is 5.90 Å². The van der Waals surface area contributed by atoms with Crippen molar-refractivity contribution in [3.63, 3.8) is 0 Å². The summed E-state index contributed by atoms with van der Waals surface area (Å²) in [6, 6.07) is 2.82. The Bertz CT molecular complexity index is 402. The molecule has 0 saturated heterocycles. The molecule has 0 aliphatic carbocycles. The van der Waals surface area contributed by atoms with Crippen molar-refractivity contribution in [2.24, 2.45) is 5.90 Å². The zero-order chi connectivity index (χ0) is 12.1. The molecule has 0 bridgehead atoms. The van der Waals surface area contributed by atoms with Crippen LogP contribution in [-0.4, -0.2) is 13.1 Å². The number of ether oxygens (including phenoxy) is 1. The number of hydrogen-bond donors (Lipinski definition) is 1. The molecule has 0 heterocycles. The number of esters is 1. The number of nitrogens with two attached hydrogens (primary N) is 1. The number of benzene rings is 1. The van der Waals surface area contributed by atoms with Crippen LogP contribution in [0.15, 0.2) is 17.0 Å². The highest BCUT2D eigenvalue weighted by molar-refractivity contribution is 7.94. The molecule has 0 aliphatic rings. The summed E-state index contributed by atoms with van der Waals surface area (Å²) in [5.41, 5.74) is 0.177. The zero-order valence-corrected chi connectivity index (χ0v) is 10.4. The Labute approximate surface area is 106 Å². The number of rotatable bonds is 4. The van der Waals surface area contributed by atoms with Gasteiger partial charge in [-0.3, -0.25) is 0 Å². The first-order valence-electron chi connectivity index (χ1n) is 3.87. The first-order chi connectivity index (χ1) is 7.60. The standard InChI is InChI=1S/C8H7Cl2NO4S/c1-13-8(12)4-2-7(16-15-14-11)6(10)3-5(4)9/h2-3H,11H2,1H3. The van der Waals surface area contributed by atoms with E-state index in [1.54, 1.807) is 0 Å². The minimum Gasteiger partial charge on any atom is -0.465 e. The molecular weight excluding hydrogens is 277 g/mol.